The quantitative estimate of drug-likeness (QED) is 0.393. The standard InChI is InChI=1S/C21H20ClN3O4S/c1-14(21(27)24-10-8-23(9-11-24)15(2)26)16-6-7-20(19(12-16)25(28)29)30-18-5-3-4-17(22)13-18/h3-7,12-13H,1,8-11H2,2H3. The van der Waals surface area contributed by atoms with Gasteiger partial charge in [-0.25, -0.2) is 0 Å². The molecule has 0 aliphatic carbocycles. The van der Waals surface area contributed by atoms with Crippen LogP contribution in [-0.2, 0) is 9.59 Å². The third kappa shape index (κ3) is 5.01. The van der Waals surface area contributed by atoms with Crippen LogP contribution in [0.2, 0.25) is 5.02 Å². The van der Waals surface area contributed by atoms with Gasteiger partial charge in [-0.3, -0.25) is 19.7 Å². The highest BCUT2D eigenvalue weighted by Crippen LogP contribution is 2.37. The second-order valence-corrected chi connectivity index (χ2v) is 8.33. The van der Waals surface area contributed by atoms with Crippen molar-refractivity contribution in [2.75, 3.05) is 26.2 Å². The summed E-state index contributed by atoms with van der Waals surface area (Å²) in [7, 11) is 0. The van der Waals surface area contributed by atoms with Crippen LogP contribution < -0.4 is 0 Å². The number of carbonyl (C=O) groups is 2. The largest absolute Gasteiger partial charge is 0.339 e. The van der Waals surface area contributed by atoms with Gasteiger partial charge in [0.05, 0.1) is 9.82 Å². The molecule has 2 aromatic rings. The molecule has 0 aromatic heterocycles. The molecule has 30 heavy (non-hydrogen) atoms. The van der Waals surface area contributed by atoms with Crippen LogP contribution in [0.4, 0.5) is 5.69 Å². The van der Waals surface area contributed by atoms with Gasteiger partial charge < -0.3 is 9.80 Å². The minimum atomic E-state index is -0.472. The van der Waals surface area contributed by atoms with Crippen molar-refractivity contribution in [3.63, 3.8) is 0 Å². The zero-order valence-electron chi connectivity index (χ0n) is 16.3. The Labute approximate surface area is 183 Å². The number of rotatable bonds is 5. The van der Waals surface area contributed by atoms with Crippen molar-refractivity contribution in [1.29, 1.82) is 0 Å². The molecule has 0 spiro atoms. The molecular formula is C21H20ClN3O4S. The van der Waals surface area contributed by atoms with E-state index in [0.29, 0.717) is 41.7 Å². The SMILES string of the molecule is C=C(C(=O)N1CCN(C(C)=O)CC1)c1ccc(Sc2cccc(Cl)c2)c([N+](=O)[O-])c1. The summed E-state index contributed by atoms with van der Waals surface area (Å²) in [5.74, 6) is -0.313. The molecular weight excluding hydrogens is 426 g/mol. The van der Waals surface area contributed by atoms with E-state index in [4.69, 9.17) is 11.6 Å². The molecule has 1 saturated heterocycles. The van der Waals surface area contributed by atoms with Crippen LogP contribution in [0.15, 0.2) is 58.8 Å². The van der Waals surface area contributed by atoms with Gasteiger partial charge in [0, 0.05) is 54.7 Å². The van der Waals surface area contributed by atoms with Crippen molar-refractivity contribution >= 4 is 46.4 Å². The maximum absolute atomic E-state index is 12.8. The van der Waals surface area contributed by atoms with Gasteiger partial charge in [0.1, 0.15) is 0 Å². The molecule has 0 radical (unpaired) electrons. The Morgan fingerprint density at radius 2 is 1.77 bits per heavy atom. The fourth-order valence-corrected chi connectivity index (χ4v) is 4.35. The summed E-state index contributed by atoms with van der Waals surface area (Å²) in [5, 5.41) is 12.2. The lowest BCUT2D eigenvalue weighted by Gasteiger charge is -2.34. The molecule has 9 heteroatoms. The molecule has 156 valence electrons. The third-order valence-electron chi connectivity index (χ3n) is 4.80. The zero-order chi connectivity index (χ0) is 21.8. The number of piperazine rings is 1. The second kappa shape index (κ2) is 9.32. The molecule has 0 saturated carbocycles. The number of halogens is 1. The highest BCUT2D eigenvalue weighted by molar-refractivity contribution is 7.99. The van der Waals surface area contributed by atoms with Crippen LogP contribution in [0.1, 0.15) is 12.5 Å². The minimum Gasteiger partial charge on any atom is -0.339 e. The number of nitrogens with zero attached hydrogens (tertiary/aromatic N) is 3. The van der Waals surface area contributed by atoms with Crippen molar-refractivity contribution in [2.24, 2.45) is 0 Å². The van der Waals surface area contributed by atoms with Crippen molar-refractivity contribution in [3.8, 4) is 0 Å². The van der Waals surface area contributed by atoms with Gasteiger partial charge in [-0.1, -0.05) is 42.1 Å². The lowest BCUT2D eigenvalue weighted by atomic mass is 10.1. The zero-order valence-corrected chi connectivity index (χ0v) is 17.9. The normalized spacial score (nSPS) is 13.8. The maximum Gasteiger partial charge on any atom is 0.283 e. The molecule has 1 aliphatic heterocycles. The van der Waals surface area contributed by atoms with Gasteiger partial charge in [0.15, 0.2) is 0 Å². The molecule has 1 fully saturated rings. The molecule has 0 bridgehead atoms. The number of nitro benzene ring substituents is 1. The van der Waals surface area contributed by atoms with Gasteiger partial charge in [-0.05, 0) is 29.8 Å². The first-order valence-corrected chi connectivity index (χ1v) is 10.4. The van der Waals surface area contributed by atoms with E-state index < -0.39 is 4.92 Å². The lowest BCUT2D eigenvalue weighted by molar-refractivity contribution is -0.387. The van der Waals surface area contributed by atoms with Crippen molar-refractivity contribution in [3.05, 3.63) is 69.7 Å². The van der Waals surface area contributed by atoms with Crippen LogP contribution in [0.25, 0.3) is 5.57 Å². The van der Waals surface area contributed by atoms with E-state index in [-0.39, 0.29) is 23.1 Å². The first kappa shape index (κ1) is 21.9. The second-order valence-electron chi connectivity index (χ2n) is 6.78. The third-order valence-corrected chi connectivity index (χ3v) is 6.09. The fraction of sp³-hybridized carbons (Fsp3) is 0.238. The predicted molar refractivity (Wildman–Crippen MR) is 117 cm³/mol. The predicted octanol–water partition coefficient (Wildman–Crippen LogP) is 4.10. The topological polar surface area (TPSA) is 83.8 Å². The van der Waals surface area contributed by atoms with E-state index in [1.165, 1.54) is 24.8 Å². The maximum atomic E-state index is 12.8. The van der Waals surface area contributed by atoms with Gasteiger partial charge in [0.25, 0.3) is 11.6 Å². The molecule has 3 rings (SSSR count). The number of hydrogen-bond donors (Lipinski definition) is 0. The average Bonchev–Trinajstić information content (AvgIpc) is 2.73. The monoisotopic (exact) mass is 445 g/mol. The number of carbonyl (C=O) groups excluding carboxylic acids is 2. The Morgan fingerprint density at radius 3 is 2.37 bits per heavy atom. The molecule has 2 amide bonds. The summed E-state index contributed by atoms with van der Waals surface area (Å²) in [6, 6.07) is 11.7. The van der Waals surface area contributed by atoms with E-state index in [2.05, 4.69) is 6.58 Å². The highest BCUT2D eigenvalue weighted by atomic mass is 35.5. The molecule has 1 aliphatic rings. The molecule has 7 nitrogen and oxygen atoms in total. The Balaban J connectivity index is 1.78. The van der Waals surface area contributed by atoms with E-state index >= 15 is 0 Å². The summed E-state index contributed by atoms with van der Waals surface area (Å²) in [6.45, 7) is 7.09. The van der Waals surface area contributed by atoms with Crippen LogP contribution in [0.3, 0.4) is 0 Å². The van der Waals surface area contributed by atoms with Gasteiger partial charge in [0.2, 0.25) is 5.91 Å². The number of nitro groups is 1. The Bertz CT molecular complexity index is 1020. The fourth-order valence-electron chi connectivity index (χ4n) is 3.13. The summed E-state index contributed by atoms with van der Waals surface area (Å²) in [5.41, 5.74) is 0.484. The summed E-state index contributed by atoms with van der Waals surface area (Å²) in [6.07, 6.45) is 0. The molecule has 0 atom stereocenters. The highest BCUT2D eigenvalue weighted by Gasteiger charge is 2.26. The Kier molecular flexibility index (Phi) is 6.79. The van der Waals surface area contributed by atoms with Crippen molar-refractivity contribution in [1.82, 2.24) is 9.80 Å². The molecule has 1 heterocycles. The Hall–Kier alpha value is -2.84. The number of benzene rings is 2. The summed E-state index contributed by atoms with van der Waals surface area (Å²) >= 11 is 7.22. The summed E-state index contributed by atoms with van der Waals surface area (Å²) in [4.78, 5) is 39.9. The number of amides is 2. The van der Waals surface area contributed by atoms with E-state index in [0.717, 1.165) is 4.90 Å². The van der Waals surface area contributed by atoms with E-state index in [1.807, 2.05) is 6.07 Å². The van der Waals surface area contributed by atoms with Crippen LogP contribution in [0.5, 0.6) is 0 Å². The Morgan fingerprint density at radius 1 is 1.10 bits per heavy atom. The lowest BCUT2D eigenvalue weighted by Crippen LogP contribution is -2.50. The molecule has 0 N–H and O–H groups in total. The minimum absolute atomic E-state index is 0.0238. The smallest absolute Gasteiger partial charge is 0.283 e. The van der Waals surface area contributed by atoms with Crippen LogP contribution >= 0.6 is 23.4 Å². The first-order valence-electron chi connectivity index (χ1n) is 9.22. The molecule has 0 unspecified atom stereocenters. The summed E-state index contributed by atoms with van der Waals surface area (Å²) < 4.78 is 0. The van der Waals surface area contributed by atoms with Crippen LogP contribution in [0, 0.1) is 10.1 Å². The van der Waals surface area contributed by atoms with E-state index in [1.54, 1.807) is 40.1 Å². The average molecular weight is 446 g/mol. The van der Waals surface area contributed by atoms with Gasteiger partial charge >= 0.3 is 0 Å². The first-order chi connectivity index (χ1) is 14.3. The van der Waals surface area contributed by atoms with E-state index in [9.17, 15) is 19.7 Å². The number of hydrogen-bond acceptors (Lipinski definition) is 5. The van der Waals surface area contributed by atoms with Crippen LogP contribution in [-0.4, -0.2) is 52.7 Å². The molecule has 2 aromatic carbocycles. The van der Waals surface area contributed by atoms with Gasteiger partial charge in [-0.2, -0.15) is 0 Å². The van der Waals surface area contributed by atoms with Crippen molar-refractivity contribution < 1.29 is 14.5 Å². The van der Waals surface area contributed by atoms with Crippen molar-refractivity contribution in [2.45, 2.75) is 16.7 Å². The van der Waals surface area contributed by atoms with Gasteiger partial charge in [-0.15, -0.1) is 0 Å².